The zero-order valence-corrected chi connectivity index (χ0v) is 15.0. The Kier molecular flexibility index (Phi) is 4.59. The number of nitrogens with zero attached hydrogens (tertiary/aromatic N) is 2. The van der Waals surface area contributed by atoms with Crippen LogP contribution >= 0.6 is 22.9 Å². The number of thiophene rings is 1. The van der Waals surface area contributed by atoms with E-state index in [1.54, 1.807) is 6.07 Å². The number of anilines is 1. The molecule has 0 spiro atoms. The van der Waals surface area contributed by atoms with Crippen LogP contribution in [0.2, 0.25) is 5.15 Å². The van der Waals surface area contributed by atoms with Crippen LogP contribution in [0.4, 0.5) is 5.82 Å². The van der Waals surface area contributed by atoms with Gasteiger partial charge in [0.2, 0.25) is 0 Å². The Morgan fingerprint density at radius 2 is 1.86 bits per heavy atom. The highest BCUT2D eigenvalue weighted by Gasteiger charge is 2.20. The van der Waals surface area contributed by atoms with Crippen LogP contribution in [0.1, 0.15) is 54.9 Å². The summed E-state index contributed by atoms with van der Waals surface area (Å²) >= 11 is 7.95. The molecule has 0 aromatic carbocycles. The fourth-order valence-corrected chi connectivity index (χ4v) is 3.41. The van der Waals surface area contributed by atoms with Crippen LogP contribution in [-0.2, 0) is 5.41 Å². The first kappa shape index (κ1) is 16.2. The molecule has 2 heterocycles. The van der Waals surface area contributed by atoms with Crippen molar-refractivity contribution < 1.29 is 0 Å². The Morgan fingerprint density at radius 3 is 2.38 bits per heavy atom. The summed E-state index contributed by atoms with van der Waals surface area (Å²) in [4.78, 5) is 11.6. The molecule has 1 N–H and O–H groups in total. The van der Waals surface area contributed by atoms with Gasteiger partial charge in [0, 0.05) is 21.2 Å². The van der Waals surface area contributed by atoms with Gasteiger partial charge < -0.3 is 5.32 Å². The van der Waals surface area contributed by atoms with Crippen molar-refractivity contribution >= 4 is 28.8 Å². The minimum Gasteiger partial charge on any atom is -0.363 e. The van der Waals surface area contributed by atoms with Crippen LogP contribution < -0.4 is 5.32 Å². The zero-order valence-electron chi connectivity index (χ0n) is 13.4. The minimum atomic E-state index is -0.126. The van der Waals surface area contributed by atoms with Gasteiger partial charge in [-0.05, 0) is 32.4 Å². The van der Waals surface area contributed by atoms with Crippen molar-refractivity contribution in [3.63, 3.8) is 0 Å². The third-order valence-electron chi connectivity index (χ3n) is 3.28. The van der Waals surface area contributed by atoms with E-state index in [9.17, 15) is 0 Å². The van der Waals surface area contributed by atoms with Crippen LogP contribution in [0.25, 0.3) is 0 Å². The van der Waals surface area contributed by atoms with E-state index < -0.39 is 0 Å². The molecule has 0 aliphatic heterocycles. The van der Waals surface area contributed by atoms with Crippen molar-refractivity contribution in [1.29, 1.82) is 0 Å². The van der Waals surface area contributed by atoms with Gasteiger partial charge in [-0.1, -0.05) is 32.4 Å². The zero-order chi connectivity index (χ0) is 15.8. The van der Waals surface area contributed by atoms with Gasteiger partial charge >= 0.3 is 0 Å². The Hall–Kier alpha value is -1.13. The molecule has 0 radical (unpaired) electrons. The van der Waals surface area contributed by atoms with Crippen LogP contribution in [0.5, 0.6) is 0 Å². The fraction of sp³-hybridized carbons (Fsp3) is 0.500. The van der Waals surface area contributed by atoms with Crippen molar-refractivity contribution in [3.8, 4) is 0 Å². The molecule has 0 fully saturated rings. The quantitative estimate of drug-likeness (QED) is 0.781. The maximum absolute atomic E-state index is 6.13. The highest BCUT2D eigenvalue weighted by molar-refractivity contribution is 7.12. The number of rotatable bonds is 3. The summed E-state index contributed by atoms with van der Waals surface area (Å²) in [6.07, 6.45) is 0. The van der Waals surface area contributed by atoms with Crippen molar-refractivity contribution in [3.05, 3.63) is 38.4 Å². The Bertz CT molecular complexity index is 643. The highest BCUT2D eigenvalue weighted by atomic mass is 35.5. The number of nitrogens with one attached hydrogen (secondary N) is 1. The molecule has 0 saturated heterocycles. The fourth-order valence-electron chi connectivity index (χ4n) is 2.21. The van der Waals surface area contributed by atoms with Crippen LogP contribution in [0, 0.1) is 13.8 Å². The van der Waals surface area contributed by atoms with Gasteiger partial charge in [-0.15, -0.1) is 11.3 Å². The summed E-state index contributed by atoms with van der Waals surface area (Å²) in [5.41, 5.74) is 1.18. The van der Waals surface area contributed by atoms with E-state index in [0.29, 0.717) is 5.15 Å². The summed E-state index contributed by atoms with van der Waals surface area (Å²) in [7, 11) is 0. The molecule has 0 aliphatic rings. The van der Waals surface area contributed by atoms with Crippen LogP contribution in [-0.4, -0.2) is 9.97 Å². The Morgan fingerprint density at radius 1 is 1.19 bits per heavy atom. The van der Waals surface area contributed by atoms with E-state index in [-0.39, 0.29) is 11.5 Å². The average Bonchev–Trinajstić information content (AvgIpc) is 2.66. The maximum atomic E-state index is 6.13. The van der Waals surface area contributed by atoms with Gasteiger partial charge in [0.15, 0.2) is 0 Å². The number of aryl methyl sites for hydroxylation is 2. The van der Waals surface area contributed by atoms with Gasteiger partial charge in [-0.2, -0.15) is 0 Å². The predicted molar refractivity (Wildman–Crippen MR) is 91.6 cm³/mol. The molecule has 2 aromatic rings. The van der Waals surface area contributed by atoms with E-state index in [0.717, 1.165) is 11.6 Å². The number of hydrogen-bond acceptors (Lipinski definition) is 4. The van der Waals surface area contributed by atoms with Crippen LogP contribution in [0.3, 0.4) is 0 Å². The minimum absolute atomic E-state index is 0.126. The maximum Gasteiger partial charge on any atom is 0.137 e. The normalized spacial score (nSPS) is 13.3. The average molecular weight is 324 g/mol. The third kappa shape index (κ3) is 3.95. The Balaban J connectivity index is 2.27. The molecule has 114 valence electrons. The number of aromatic nitrogens is 2. The molecule has 0 amide bonds. The topological polar surface area (TPSA) is 37.8 Å². The van der Waals surface area contributed by atoms with Gasteiger partial charge in [-0.25, -0.2) is 9.97 Å². The number of hydrogen-bond donors (Lipinski definition) is 1. The van der Waals surface area contributed by atoms with Crippen molar-refractivity contribution in [2.45, 2.75) is 53.0 Å². The van der Waals surface area contributed by atoms with Gasteiger partial charge in [0.1, 0.15) is 16.8 Å². The molecular weight excluding hydrogens is 302 g/mol. The predicted octanol–water partition coefficient (Wildman–Crippen LogP) is 5.28. The third-order valence-corrected chi connectivity index (χ3v) is 4.45. The summed E-state index contributed by atoms with van der Waals surface area (Å²) < 4.78 is 0. The molecule has 1 atom stereocenters. The molecule has 0 bridgehead atoms. The second kappa shape index (κ2) is 5.93. The highest BCUT2D eigenvalue weighted by Crippen LogP contribution is 2.29. The molecule has 5 heteroatoms. The first-order valence-corrected chi connectivity index (χ1v) is 8.25. The van der Waals surface area contributed by atoms with Gasteiger partial charge in [-0.3, -0.25) is 0 Å². The molecular formula is C16H22ClN3S. The Labute approximate surface area is 135 Å². The lowest BCUT2D eigenvalue weighted by Gasteiger charge is -2.20. The largest absolute Gasteiger partial charge is 0.363 e. The molecule has 2 rings (SSSR count). The van der Waals surface area contributed by atoms with Crippen molar-refractivity contribution in [2.75, 3.05) is 5.32 Å². The van der Waals surface area contributed by atoms with E-state index in [4.69, 9.17) is 11.6 Å². The smallest absolute Gasteiger partial charge is 0.137 e. The molecule has 0 aliphatic carbocycles. The van der Waals surface area contributed by atoms with E-state index >= 15 is 0 Å². The molecule has 3 nitrogen and oxygen atoms in total. The van der Waals surface area contributed by atoms with Crippen molar-refractivity contribution in [1.82, 2.24) is 9.97 Å². The van der Waals surface area contributed by atoms with Crippen molar-refractivity contribution in [2.24, 2.45) is 0 Å². The lowest BCUT2D eigenvalue weighted by atomic mass is 9.96. The molecule has 1 unspecified atom stereocenters. The van der Waals surface area contributed by atoms with E-state index in [1.165, 1.54) is 15.3 Å². The first-order valence-electron chi connectivity index (χ1n) is 7.05. The summed E-state index contributed by atoms with van der Waals surface area (Å²) in [6.45, 7) is 12.7. The SMILES string of the molecule is Cc1cc(C(C)Nc2cc(Cl)nc(C(C)(C)C)n2)c(C)s1. The van der Waals surface area contributed by atoms with E-state index in [2.05, 4.69) is 62.9 Å². The lowest BCUT2D eigenvalue weighted by Crippen LogP contribution is -2.18. The standard InChI is InChI=1S/C16H22ClN3S/c1-9-7-12(11(3)21-9)10(2)18-14-8-13(17)19-15(20-14)16(4,5)6/h7-8,10H,1-6H3,(H,18,19,20). The first-order chi connectivity index (χ1) is 9.66. The summed E-state index contributed by atoms with van der Waals surface area (Å²) in [6, 6.07) is 4.20. The summed E-state index contributed by atoms with van der Waals surface area (Å²) in [5, 5.41) is 3.91. The molecule has 2 aromatic heterocycles. The second-order valence-corrected chi connectivity index (χ2v) is 8.23. The van der Waals surface area contributed by atoms with Crippen LogP contribution in [0.15, 0.2) is 12.1 Å². The number of halogens is 1. The lowest BCUT2D eigenvalue weighted by molar-refractivity contribution is 0.545. The summed E-state index contributed by atoms with van der Waals surface area (Å²) in [5.74, 6) is 1.53. The van der Waals surface area contributed by atoms with E-state index in [1.807, 2.05) is 11.3 Å². The van der Waals surface area contributed by atoms with Gasteiger partial charge in [0.05, 0.1) is 6.04 Å². The van der Waals surface area contributed by atoms with Gasteiger partial charge in [0.25, 0.3) is 0 Å². The molecule has 0 saturated carbocycles. The monoisotopic (exact) mass is 323 g/mol. The second-order valence-electron chi connectivity index (χ2n) is 6.38. The molecule has 21 heavy (non-hydrogen) atoms.